The summed E-state index contributed by atoms with van der Waals surface area (Å²) in [5.41, 5.74) is 1.72. The first-order valence-electron chi connectivity index (χ1n) is 29.3. The van der Waals surface area contributed by atoms with E-state index in [1.54, 1.807) is 26.2 Å². The van der Waals surface area contributed by atoms with Crippen LogP contribution in [-0.4, -0.2) is 139 Å². The van der Waals surface area contributed by atoms with Gasteiger partial charge in [0.1, 0.15) is 11.8 Å². The first kappa shape index (κ1) is 59.9. The van der Waals surface area contributed by atoms with Gasteiger partial charge in [-0.2, -0.15) is 0 Å². The molecule has 5 saturated carbocycles. The topological polar surface area (TPSA) is 149 Å². The van der Waals surface area contributed by atoms with Gasteiger partial charge in [-0.3, -0.25) is 24.1 Å². The average molecular weight is 1020 g/mol. The number of amides is 3. The van der Waals surface area contributed by atoms with Crippen molar-refractivity contribution in [3.8, 4) is 0 Å². The molecule has 0 bridgehead atoms. The summed E-state index contributed by atoms with van der Waals surface area (Å²) in [5.74, 6) is 1.58. The van der Waals surface area contributed by atoms with Crippen LogP contribution in [0.1, 0.15) is 185 Å². The summed E-state index contributed by atoms with van der Waals surface area (Å²) >= 11 is 0. The number of methoxy groups -OCH3 is 2. The van der Waals surface area contributed by atoms with Crippen molar-refractivity contribution < 1.29 is 38.9 Å². The molecule has 0 spiro atoms. The first-order valence-corrected chi connectivity index (χ1v) is 29.3. The highest BCUT2D eigenvalue weighted by atomic mass is 16.5. The molecule has 1 aliphatic heterocycles. The molecule has 418 valence electrons. The number of ketones is 1. The van der Waals surface area contributed by atoms with Crippen LogP contribution in [0.5, 0.6) is 0 Å². The van der Waals surface area contributed by atoms with Gasteiger partial charge in [0.15, 0.2) is 0 Å². The number of likely N-dealkylation sites (tertiary alicyclic amines) is 1. The maximum absolute atomic E-state index is 14.4. The normalized spacial score (nSPS) is 36.3. The Labute approximate surface area is 443 Å². The summed E-state index contributed by atoms with van der Waals surface area (Å²) in [6, 6.07) is -1.80. The van der Waals surface area contributed by atoms with E-state index in [-0.39, 0.29) is 93.6 Å². The molecule has 0 aromatic carbocycles. The van der Waals surface area contributed by atoms with Crippen LogP contribution in [0.2, 0.25) is 0 Å². The van der Waals surface area contributed by atoms with Gasteiger partial charge < -0.3 is 34.8 Å². The Hall–Kier alpha value is -2.38. The number of fused-ring (bicyclic) bond motifs is 7. The van der Waals surface area contributed by atoms with Crippen molar-refractivity contribution >= 4 is 23.5 Å². The maximum atomic E-state index is 14.4. The number of hydrogen-bond donors (Lipinski definition) is 3. The van der Waals surface area contributed by atoms with Crippen LogP contribution in [0, 0.1) is 74.4 Å². The highest BCUT2D eigenvalue weighted by Gasteiger charge is 2.71. The lowest BCUT2D eigenvalue weighted by atomic mass is 9.32. The van der Waals surface area contributed by atoms with Gasteiger partial charge in [0, 0.05) is 46.8 Å². The summed E-state index contributed by atoms with van der Waals surface area (Å²) in [6.45, 7) is 29.9. The number of allylic oxidation sites excluding steroid dienone is 1. The van der Waals surface area contributed by atoms with E-state index in [1.165, 1.54) is 37.7 Å². The number of nitrogens with one attached hydrogen (secondary N) is 1. The quantitative estimate of drug-likeness (QED) is 0.0902. The van der Waals surface area contributed by atoms with E-state index in [0.717, 1.165) is 57.8 Å². The predicted molar refractivity (Wildman–Crippen MR) is 291 cm³/mol. The molecule has 6 rings (SSSR count). The van der Waals surface area contributed by atoms with Crippen molar-refractivity contribution in [1.82, 2.24) is 20.0 Å². The molecule has 0 aromatic heterocycles. The monoisotopic (exact) mass is 1020 g/mol. The van der Waals surface area contributed by atoms with E-state index in [1.807, 2.05) is 65.4 Å². The van der Waals surface area contributed by atoms with E-state index < -0.39 is 30.2 Å². The molecule has 12 nitrogen and oxygen atoms in total. The fourth-order valence-corrected chi connectivity index (χ4v) is 18.4. The van der Waals surface area contributed by atoms with Gasteiger partial charge in [0.25, 0.3) is 0 Å². The van der Waals surface area contributed by atoms with Crippen LogP contribution >= 0.6 is 0 Å². The molecule has 6 fully saturated rings. The molecule has 73 heavy (non-hydrogen) atoms. The van der Waals surface area contributed by atoms with Crippen LogP contribution in [0.3, 0.4) is 0 Å². The zero-order valence-corrected chi connectivity index (χ0v) is 49.0. The number of carbonyl (C=O) groups excluding carboxylic acids is 4. The first-order chi connectivity index (χ1) is 34.2. The molecule has 0 aromatic rings. The summed E-state index contributed by atoms with van der Waals surface area (Å²) < 4.78 is 12.2. The molecule has 1 saturated heterocycles. The number of nitrogens with zero attached hydrogens (tertiary/aromatic N) is 3. The lowest BCUT2D eigenvalue weighted by Crippen LogP contribution is -2.66. The number of carbonyl (C=O) groups is 4. The molecule has 3 amide bonds. The van der Waals surface area contributed by atoms with Crippen molar-refractivity contribution in [2.45, 2.75) is 228 Å². The van der Waals surface area contributed by atoms with Gasteiger partial charge in [0.05, 0.1) is 42.9 Å². The predicted octanol–water partition coefficient (Wildman–Crippen LogP) is 9.73. The van der Waals surface area contributed by atoms with Gasteiger partial charge in [-0.05, 0) is 179 Å². The Morgan fingerprint density at radius 2 is 1.49 bits per heavy atom. The number of rotatable bonds is 22. The number of Topliss-reactive ketones (excluding diaryl/α,β-unsaturated/α-hetero) is 1. The minimum atomic E-state index is -0.741. The molecule has 3 unspecified atom stereocenters. The minimum absolute atomic E-state index is 0.0544. The third-order valence-corrected chi connectivity index (χ3v) is 22.7. The van der Waals surface area contributed by atoms with Crippen LogP contribution in [0.15, 0.2) is 12.2 Å². The Morgan fingerprint density at radius 1 is 0.808 bits per heavy atom. The molecule has 12 heteroatoms. The zero-order chi connectivity index (χ0) is 54.3. The van der Waals surface area contributed by atoms with E-state index >= 15 is 0 Å². The fourth-order valence-electron chi connectivity index (χ4n) is 18.4. The zero-order valence-electron chi connectivity index (χ0n) is 49.0. The molecule has 1 heterocycles. The second-order valence-corrected chi connectivity index (χ2v) is 27.3. The Balaban J connectivity index is 1.07. The van der Waals surface area contributed by atoms with E-state index in [9.17, 15) is 29.4 Å². The van der Waals surface area contributed by atoms with Crippen LogP contribution < -0.4 is 5.32 Å². The largest absolute Gasteiger partial charge is 0.396 e. The highest BCUT2D eigenvalue weighted by Crippen LogP contribution is 2.77. The van der Waals surface area contributed by atoms with E-state index in [4.69, 9.17) is 16.1 Å². The standard InChI is InChI=1S/C61H106N4O8/c1-18-43(64(15)56(71)52(37(2)3)62-55(70)53(38(4)5)63(13)14)46(72-16)35-50(69)65-34-20-22-44(65)54(73-17)40(7)45(67)23-19-21-39(6)41-26-31-61(36-66)33-32-59(11)42(51(41)61)24-25-48-58(10)29-28-49(68)57(8,9)47(58)27-30-60(48,59)12/h37-38,40-44,46-49,51-54,66,68H,6,18-36H2,1-5,7-17H3,(H,62,70)/t40-,41-,42?,43-,44?,46+,47-,48?,49-,51+,52-,53-,54+,58-,59+,60+,61+/m0/s1. The van der Waals surface area contributed by atoms with Crippen molar-refractivity contribution in [2.24, 2.45) is 74.4 Å². The molecule has 17 atom stereocenters. The number of hydrogen-bond acceptors (Lipinski definition) is 9. The summed E-state index contributed by atoms with van der Waals surface area (Å²) in [6.07, 6.45) is 14.0. The lowest BCUT2D eigenvalue weighted by molar-refractivity contribution is -0.249. The second kappa shape index (κ2) is 23.3. The second-order valence-electron chi connectivity index (χ2n) is 27.3. The van der Waals surface area contributed by atoms with E-state index in [0.29, 0.717) is 49.0 Å². The fraction of sp³-hybridized carbons (Fsp3) is 0.902. The van der Waals surface area contributed by atoms with Gasteiger partial charge >= 0.3 is 0 Å². The third kappa shape index (κ3) is 10.8. The molecule has 5 aliphatic carbocycles. The molecule has 6 aliphatic rings. The number of ether oxygens (including phenoxy) is 2. The minimum Gasteiger partial charge on any atom is -0.396 e. The number of likely N-dealkylation sites (N-methyl/N-ethyl adjacent to an activating group) is 2. The molecular formula is C61H106N4O8. The third-order valence-electron chi connectivity index (χ3n) is 22.7. The molecular weight excluding hydrogens is 917 g/mol. The lowest BCUT2D eigenvalue weighted by Gasteiger charge is -2.73. The Bertz CT molecular complexity index is 1950. The van der Waals surface area contributed by atoms with Crippen LogP contribution in [-0.2, 0) is 28.7 Å². The van der Waals surface area contributed by atoms with E-state index in [2.05, 4.69) is 39.9 Å². The summed E-state index contributed by atoms with van der Waals surface area (Å²) in [4.78, 5) is 61.7. The van der Waals surface area contributed by atoms with Crippen molar-refractivity contribution in [1.29, 1.82) is 0 Å². The van der Waals surface area contributed by atoms with Gasteiger partial charge in [-0.1, -0.05) is 88.3 Å². The van der Waals surface area contributed by atoms with Gasteiger partial charge in [-0.15, -0.1) is 0 Å². The highest BCUT2D eigenvalue weighted by molar-refractivity contribution is 5.90. The Morgan fingerprint density at radius 3 is 2.08 bits per heavy atom. The smallest absolute Gasteiger partial charge is 0.245 e. The van der Waals surface area contributed by atoms with Crippen molar-refractivity contribution in [3.63, 3.8) is 0 Å². The van der Waals surface area contributed by atoms with Crippen LogP contribution in [0.4, 0.5) is 0 Å². The summed E-state index contributed by atoms with van der Waals surface area (Å²) in [7, 11) is 8.72. The number of aliphatic hydroxyl groups is 2. The average Bonchev–Trinajstić information content (AvgIpc) is 3.98. The maximum Gasteiger partial charge on any atom is 0.245 e. The van der Waals surface area contributed by atoms with Crippen molar-refractivity contribution in [3.05, 3.63) is 12.2 Å². The van der Waals surface area contributed by atoms with Crippen molar-refractivity contribution in [2.75, 3.05) is 48.5 Å². The molecule has 0 radical (unpaired) electrons. The summed E-state index contributed by atoms with van der Waals surface area (Å²) in [5, 5.41) is 25.5. The molecule has 3 N–H and O–H groups in total. The number of aliphatic hydroxyl groups excluding tert-OH is 2. The Kier molecular flexibility index (Phi) is 19.1. The van der Waals surface area contributed by atoms with Crippen LogP contribution in [0.25, 0.3) is 0 Å². The van der Waals surface area contributed by atoms with Gasteiger partial charge in [-0.25, -0.2) is 0 Å². The van der Waals surface area contributed by atoms with Gasteiger partial charge in [0.2, 0.25) is 17.7 Å². The SMILES string of the molecule is C=C(CCCC(=O)[C@H](C)[C@@H](OC)C1CCCN1C(=O)C[C@@H](OC)[C@H](CC)N(C)C(=O)[C@@H](NC(=O)[C@H](C(C)C)N(C)C)C(C)C)[C@@H]1CC[C@]2(CO)CC[C@]3(C)C(CCC4[C@@]5(C)CC[C@H](O)C(C)(C)[C@@H]5CC[C@]43C)[C@@H]12.